The maximum atomic E-state index is 13.1. The third-order valence-corrected chi connectivity index (χ3v) is 5.38. The monoisotopic (exact) mass is 388 g/mol. The van der Waals surface area contributed by atoms with E-state index in [1.807, 2.05) is 6.92 Å². The van der Waals surface area contributed by atoms with Gasteiger partial charge in [-0.15, -0.1) is 5.10 Å². The van der Waals surface area contributed by atoms with Gasteiger partial charge >= 0.3 is 6.18 Å². The van der Waals surface area contributed by atoms with Gasteiger partial charge in [0.2, 0.25) is 5.95 Å². The second-order valence-corrected chi connectivity index (χ2v) is 7.13. The molecule has 0 radical (unpaired) electrons. The van der Waals surface area contributed by atoms with Gasteiger partial charge < -0.3 is 11.1 Å². The van der Waals surface area contributed by atoms with E-state index in [4.69, 9.17) is 5.73 Å². The van der Waals surface area contributed by atoms with E-state index in [1.165, 1.54) is 4.52 Å². The van der Waals surface area contributed by atoms with E-state index in [0.717, 1.165) is 51.3 Å². The molecule has 0 amide bonds. The van der Waals surface area contributed by atoms with E-state index in [-0.39, 0.29) is 16.9 Å². The zero-order valence-corrected chi connectivity index (χ0v) is 15.2. The van der Waals surface area contributed by atoms with Crippen LogP contribution in [0, 0.1) is 0 Å². The first-order chi connectivity index (χ1) is 12.8. The smallest absolute Gasteiger partial charge is 0.367 e. The number of anilines is 1. The summed E-state index contributed by atoms with van der Waals surface area (Å²) in [6.45, 7) is 3.53. The maximum absolute atomic E-state index is 13.1. The molecule has 1 saturated carbocycles. The zero-order chi connectivity index (χ0) is 19.7. The summed E-state index contributed by atoms with van der Waals surface area (Å²) in [6, 6.07) is 0. The molecule has 1 aliphatic heterocycles. The Morgan fingerprint density at radius 1 is 1.33 bits per heavy atom. The van der Waals surface area contributed by atoms with Gasteiger partial charge in [0.1, 0.15) is 17.5 Å². The van der Waals surface area contributed by atoms with Gasteiger partial charge in [-0.2, -0.15) is 13.2 Å². The predicted molar refractivity (Wildman–Crippen MR) is 93.0 cm³/mol. The molecule has 150 valence electrons. The fourth-order valence-electron chi connectivity index (χ4n) is 3.60. The number of halogens is 4. The van der Waals surface area contributed by atoms with E-state index < -0.39 is 18.0 Å². The Balaban J connectivity index is 0.000000253. The highest BCUT2D eigenvalue weighted by atomic mass is 19.4. The summed E-state index contributed by atoms with van der Waals surface area (Å²) in [7, 11) is 0. The fraction of sp³-hybridized carbons (Fsp3) is 0.706. The molecule has 4 rings (SSSR count). The third kappa shape index (κ3) is 3.99. The van der Waals surface area contributed by atoms with E-state index in [1.54, 1.807) is 0 Å². The Bertz CT molecular complexity index is 772. The van der Waals surface area contributed by atoms with Crippen molar-refractivity contribution in [2.45, 2.75) is 63.2 Å². The highest BCUT2D eigenvalue weighted by Gasteiger charge is 2.45. The van der Waals surface area contributed by atoms with Crippen LogP contribution in [-0.2, 0) is 11.6 Å². The van der Waals surface area contributed by atoms with Crippen molar-refractivity contribution in [3.63, 3.8) is 0 Å². The van der Waals surface area contributed by atoms with Crippen LogP contribution in [0.4, 0.5) is 23.5 Å². The average molecular weight is 388 g/mol. The molecule has 1 unspecified atom stereocenters. The molecule has 2 fully saturated rings. The molecule has 1 atom stereocenters. The van der Waals surface area contributed by atoms with E-state index in [2.05, 4.69) is 20.4 Å². The summed E-state index contributed by atoms with van der Waals surface area (Å²) < 4.78 is 52.6. The van der Waals surface area contributed by atoms with Crippen molar-refractivity contribution in [2.75, 3.05) is 18.8 Å². The summed E-state index contributed by atoms with van der Waals surface area (Å²) in [5.74, 6) is 0.290. The van der Waals surface area contributed by atoms with Crippen LogP contribution in [0.1, 0.15) is 57.0 Å². The Morgan fingerprint density at radius 3 is 2.52 bits per heavy atom. The number of nitrogen functional groups attached to an aromatic ring is 1. The van der Waals surface area contributed by atoms with E-state index >= 15 is 0 Å². The SMILES string of the molecule is CCC1(c2nc(C(F)(F)F)c3cnc(N)nn23)CCC1.FC1CCCNC1. The van der Waals surface area contributed by atoms with Crippen LogP contribution in [0.15, 0.2) is 6.20 Å². The first kappa shape index (κ1) is 19.8. The Hall–Kier alpha value is -1.97. The van der Waals surface area contributed by atoms with Crippen molar-refractivity contribution >= 4 is 11.5 Å². The minimum absolute atomic E-state index is 0.0598. The van der Waals surface area contributed by atoms with E-state index in [0.29, 0.717) is 12.4 Å². The molecule has 0 spiro atoms. The van der Waals surface area contributed by atoms with Gasteiger partial charge in [-0.05, 0) is 38.6 Å². The molecular formula is C17H24F4N6. The standard InChI is InChI=1S/C12H14F3N5.C5H10FN/c1-2-11(4-3-5-11)9-18-8(12(13,14)15)7-6-17-10(16)19-20(7)9;6-5-2-1-3-7-4-5/h6H,2-5H2,1H3,(H2,16,19);5,7H,1-4H2. The first-order valence-electron chi connectivity index (χ1n) is 9.20. The molecule has 2 aromatic rings. The quantitative estimate of drug-likeness (QED) is 0.772. The van der Waals surface area contributed by atoms with Gasteiger partial charge in [0.25, 0.3) is 0 Å². The van der Waals surface area contributed by atoms with Gasteiger partial charge in [0.15, 0.2) is 5.69 Å². The number of nitrogens with two attached hydrogens (primary N) is 1. The van der Waals surface area contributed by atoms with Gasteiger partial charge in [-0.3, -0.25) is 0 Å². The summed E-state index contributed by atoms with van der Waals surface area (Å²) >= 11 is 0. The number of nitrogens with one attached hydrogen (secondary N) is 1. The predicted octanol–water partition coefficient (Wildman–Crippen LogP) is 3.26. The zero-order valence-electron chi connectivity index (χ0n) is 15.2. The van der Waals surface area contributed by atoms with Gasteiger partial charge in [0.05, 0.1) is 6.20 Å². The molecule has 10 heteroatoms. The maximum Gasteiger partial charge on any atom is 0.435 e. The summed E-state index contributed by atoms with van der Waals surface area (Å²) in [5, 5.41) is 6.89. The number of rotatable bonds is 2. The Morgan fingerprint density at radius 2 is 2.07 bits per heavy atom. The lowest BCUT2D eigenvalue weighted by Crippen LogP contribution is -2.36. The second-order valence-electron chi connectivity index (χ2n) is 7.13. The lowest BCUT2D eigenvalue weighted by atomic mass is 9.66. The van der Waals surface area contributed by atoms with Crippen LogP contribution in [0.3, 0.4) is 0 Å². The number of nitrogens with zero attached hydrogens (tertiary/aromatic N) is 4. The summed E-state index contributed by atoms with van der Waals surface area (Å²) in [5.41, 5.74) is 4.10. The van der Waals surface area contributed by atoms with Crippen molar-refractivity contribution < 1.29 is 17.6 Å². The highest BCUT2D eigenvalue weighted by Crippen LogP contribution is 2.47. The van der Waals surface area contributed by atoms with Crippen LogP contribution >= 0.6 is 0 Å². The molecule has 1 saturated heterocycles. The molecule has 6 nitrogen and oxygen atoms in total. The van der Waals surface area contributed by atoms with Crippen LogP contribution in [0.25, 0.3) is 5.52 Å². The molecule has 2 aromatic heterocycles. The first-order valence-corrected chi connectivity index (χ1v) is 9.20. The summed E-state index contributed by atoms with van der Waals surface area (Å²) in [4.78, 5) is 7.50. The lowest BCUT2D eigenvalue weighted by Gasteiger charge is -2.39. The van der Waals surface area contributed by atoms with Crippen LogP contribution in [0.2, 0.25) is 0 Å². The van der Waals surface area contributed by atoms with Crippen LogP contribution < -0.4 is 11.1 Å². The Kier molecular flexibility index (Phi) is 5.55. The number of fused-ring (bicyclic) bond motifs is 1. The van der Waals surface area contributed by atoms with Crippen molar-refractivity contribution in [2.24, 2.45) is 0 Å². The lowest BCUT2D eigenvalue weighted by molar-refractivity contribution is -0.139. The van der Waals surface area contributed by atoms with Crippen molar-refractivity contribution in [1.29, 1.82) is 0 Å². The molecule has 3 N–H and O–H groups in total. The molecule has 1 aliphatic carbocycles. The molecular weight excluding hydrogens is 364 g/mol. The summed E-state index contributed by atoms with van der Waals surface area (Å²) in [6.07, 6.45) is 1.11. The number of hydrogen-bond acceptors (Lipinski definition) is 5. The van der Waals surface area contributed by atoms with E-state index in [9.17, 15) is 17.6 Å². The third-order valence-electron chi connectivity index (χ3n) is 5.38. The molecule has 27 heavy (non-hydrogen) atoms. The van der Waals surface area contributed by atoms with Crippen LogP contribution in [-0.4, -0.2) is 38.8 Å². The normalized spacial score (nSPS) is 22.0. The number of alkyl halides is 4. The highest BCUT2D eigenvalue weighted by molar-refractivity contribution is 5.53. The largest absolute Gasteiger partial charge is 0.435 e. The van der Waals surface area contributed by atoms with Gasteiger partial charge in [0, 0.05) is 12.0 Å². The van der Waals surface area contributed by atoms with Crippen molar-refractivity contribution in [3.05, 3.63) is 17.7 Å². The molecule has 0 bridgehead atoms. The number of aromatic nitrogens is 4. The van der Waals surface area contributed by atoms with Crippen molar-refractivity contribution in [1.82, 2.24) is 24.9 Å². The topological polar surface area (TPSA) is 81.1 Å². The molecule has 2 aliphatic rings. The van der Waals surface area contributed by atoms with Gasteiger partial charge in [-0.1, -0.05) is 13.3 Å². The average Bonchev–Trinajstić information content (AvgIpc) is 2.95. The molecule has 3 heterocycles. The molecule has 0 aromatic carbocycles. The van der Waals surface area contributed by atoms with Gasteiger partial charge in [-0.25, -0.2) is 18.9 Å². The Labute approximate surface area is 154 Å². The number of imidazole rings is 1. The van der Waals surface area contributed by atoms with Crippen molar-refractivity contribution in [3.8, 4) is 0 Å². The minimum Gasteiger partial charge on any atom is -0.367 e. The minimum atomic E-state index is -4.53. The number of hydrogen-bond donors (Lipinski definition) is 2. The number of piperidine rings is 1. The second kappa shape index (κ2) is 7.57. The fourth-order valence-corrected chi connectivity index (χ4v) is 3.60. The van der Waals surface area contributed by atoms with Crippen LogP contribution in [0.5, 0.6) is 0 Å².